The van der Waals surface area contributed by atoms with Crippen LogP contribution in [0.3, 0.4) is 0 Å². The van der Waals surface area contributed by atoms with E-state index < -0.39 is 10.0 Å². The minimum atomic E-state index is -3.44. The number of benzene rings is 2. The van der Waals surface area contributed by atoms with Crippen molar-refractivity contribution in [3.05, 3.63) is 97.1 Å². The second kappa shape index (κ2) is 9.47. The summed E-state index contributed by atoms with van der Waals surface area (Å²) in [5.74, 6) is 1.08. The first-order valence-electron chi connectivity index (χ1n) is 10.9. The number of fused-ring (bicyclic) bond motifs is 1. The Balaban J connectivity index is 1.65. The Morgan fingerprint density at radius 2 is 1.69 bits per heavy atom. The quantitative estimate of drug-likeness (QED) is 0.345. The fourth-order valence-corrected chi connectivity index (χ4v) is 4.35. The molecule has 3 heterocycles. The van der Waals surface area contributed by atoms with E-state index in [2.05, 4.69) is 32.1 Å². The van der Waals surface area contributed by atoms with Gasteiger partial charge in [-0.05, 0) is 35.4 Å². The first-order chi connectivity index (χ1) is 17.0. The molecule has 0 aliphatic rings. The summed E-state index contributed by atoms with van der Waals surface area (Å²) in [5.41, 5.74) is 4.61. The smallest absolute Gasteiger partial charge is 0.229 e. The number of pyridine rings is 2. The van der Waals surface area contributed by atoms with Gasteiger partial charge in [0, 0.05) is 18.0 Å². The lowest BCUT2D eigenvalue weighted by atomic mass is 10.0. The van der Waals surface area contributed by atoms with Crippen molar-refractivity contribution in [3.8, 4) is 22.5 Å². The molecule has 2 aromatic carbocycles. The highest BCUT2D eigenvalue weighted by molar-refractivity contribution is 7.92. The number of sulfonamides is 1. The molecular formula is C26H22N6O2S. The normalized spacial score (nSPS) is 11.3. The average molecular weight is 483 g/mol. The Bertz CT molecular complexity index is 1590. The van der Waals surface area contributed by atoms with Crippen molar-refractivity contribution in [2.45, 2.75) is 6.54 Å². The van der Waals surface area contributed by atoms with Crippen LogP contribution < -0.4 is 10.0 Å². The van der Waals surface area contributed by atoms with Gasteiger partial charge in [0.05, 0.1) is 41.3 Å². The van der Waals surface area contributed by atoms with Gasteiger partial charge in [0.15, 0.2) is 5.82 Å². The highest BCUT2D eigenvalue weighted by Crippen LogP contribution is 2.34. The maximum absolute atomic E-state index is 11.7. The first kappa shape index (κ1) is 22.4. The zero-order chi connectivity index (χ0) is 24.3. The van der Waals surface area contributed by atoms with E-state index in [0.29, 0.717) is 29.4 Å². The lowest BCUT2D eigenvalue weighted by molar-refractivity contribution is 0.607. The predicted molar refractivity (Wildman–Crippen MR) is 138 cm³/mol. The Kier molecular flexibility index (Phi) is 6.07. The summed E-state index contributed by atoms with van der Waals surface area (Å²) in [6.45, 7) is 0.476. The van der Waals surface area contributed by atoms with E-state index in [4.69, 9.17) is 9.97 Å². The van der Waals surface area contributed by atoms with Crippen molar-refractivity contribution in [1.82, 2.24) is 19.9 Å². The third-order valence-corrected chi connectivity index (χ3v) is 5.88. The van der Waals surface area contributed by atoms with E-state index in [1.54, 1.807) is 18.5 Å². The van der Waals surface area contributed by atoms with E-state index in [-0.39, 0.29) is 0 Å². The van der Waals surface area contributed by atoms with Gasteiger partial charge in [-0.25, -0.2) is 18.4 Å². The summed E-state index contributed by atoms with van der Waals surface area (Å²) >= 11 is 0. The Labute approximate surface area is 203 Å². The molecule has 8 nitrogen and oxygen atoms in total. The van der Waals surface area contributed by atoms with Gasteiger partial charge in [0.2, 0.25) is 10.0 Å². The van der Waals surface area contributed by atoms with Gasteiger partial charge < -0.3 is 5.32 Å². The number of nitrogens with zero attached hydrogens (tertiary/aromatic N) is 4. The van der Waals surface area contributed by atoms with Crippen LogP contribution in [0.4, 0.5) is 11.5 Å². The van der Waals surface area contributed by atoms with Crippen LogP contribution in [0.15, 0.2) is 91.4 Å². The summed E-state index contributed by atoms with van der Waals surface area (Å²) < 4.78 is 25.8. The standard InChI is InChI=1S/C26H22N6O2S/c1-35(33,34)32-21-14-19(15-27-16-21)25-30-23-12-7-11-22(18-8-3-2-4-9-18)24(23)26(31-25)29-17-20-10-5-6-13-28-20/h2-16,32H,17H2,1H3,(H,29,30,31). The predicted octanol–water partition coefficient (Wildman–Crippen LogP) is 4.74. The topological polar surface area (TPSA) is 110 Å². The van der Waals surface area contributed by atoms with E-state index in [0.717, 1.165) is 34.0 Å². The average Bonchev–Trinajstić information content (AvgIpc) is 2.87. The monoisotopic (exact) mass is 482 g/mol. The first-order valence-corrected chi connectivity index (χ1v) is 12.8. The molecule has 35 heavy (non-hydrogen) atoms. The van der Waals surface area contributed by atoms with Crippen molar-refractivity contribution in [2.24, 2.45) is 0 Å². The summed E-state index contributed by atoms with van der Waals surface area (Å²) in [4.78, 5) is 18.2. The summed E-state index contributed by atoms with van der Waals surface area (Å²) in [6.07, 6.45) is 5.90. The van der Waals surface area contributed by atoms with E-state index in [1.807, 2.05) is 54.6 Å². The second-order valence-electron chi connectivity index (χ2n) is 7.97. The molecule has 0 fully saturated rings. The van der Waals surface area contributed by atoms with Crippen molar-refractivity contribution < 1.29 is 8.42 Å². The van der Waals surface area contributed by atoms with Crippen LogP contribution in [0.5, 0.6) is 0 Å². The molecule has 0 spiro atoms. The van der Waals surface area contributed by atoms with Gasteiger partial charge >= 0.3 is 0 Å². The van der Waals surface area contributed by atoms with Crippen LogP contribution in [0, 0.1) is 0 Å². The van der Waals surface area contributed by atoms with Crippen molar-refractivity contribution in [3.63, 3.8) is 0 Å². The molecule has 0 aliphatic carbocycles. The minimum Gasteiger partial charge on any atom is -0.364 e. The number of hydrogen-bond acceptors (Lipinski definition) is 7. The maximum atomic E-state index is 11.7. The lowest BCUT2D eigenvalue weighted by Gasteiger charge is -2.14. The van der Waals surface area contributed by atoms with Gasteiger partial charge in [-0.2, -0.15) is 0 Å². The molecule has 0 bridgehead atoms. The largest absolute Gasteiger partial charge is 0.364 e. The summed E-state index contributed by atoms with van der Waals surface area (Å²) in [6, 6.07) is 23.4. The van der Waals surface area contributed by atoms with Gasteiger partial charge in [-0.3, -0.25) is 14.7 Å². The Morgan fingerprint density at radius 1 is 0.857 bits per heavy atom. The highest BCUT2D eigenvalue weighted by atomic mass is 32.2. The second-order valence-corrected chi connectivity index (χ2v) is 9.72. The summed E-state index contributed by atoms with van der Waals surface area (Å²) in [5, 5.41) is 4.32. The third kappa shape index (κ3) is 5.25. The van der Waals surface area contributed by atoms with Gasteiger partial charge in [-0.1, -0.05) is 48.5 Å². The van der Waals surface area contributed by atoms with Crippen LogP contribution in [-0.2, 0) is 16.6 Å². The highest BCUT2D eigenvalue weighted by Gasteiger charge is 2.15. The number of rotatable bonds is 7. The molecule has 0 unspecified atom stereocenters. The van der Waals surface area contributed by atoms with Crippen molar-refractivity contribution in [2.75, 3.05) is 16.3 Å². The molecule has 0 atom stereocenters. The molecular weight excluding hydrogens is 460 g/mol. The number of aromatic nitrogens is 4. The number of anilines is 2. The Morgan fingerprint density at radius 3 is 2.46 bits per heavy atom. The zero-order valence-corrected chi connectivity index (χ0v) is 19.7. The molecule has 5 rings (SSSR count). The van der Waals surface area contributed by atoms with Crippen LogP contribution >= 0.6 is 0 Å². The molecule has 0 saturated heterocycles. The molecule has 9 heteroatoms. The lowest BCUT2D eigenvalue weighted by Crippen LogP contribution is -2.10. The van der Waals surface area contributed by atoms with E-state index in [9.17, 15) is 8.42 Å². The fraction of sp³-hybridized carbons (Fsp3) is 0.0769. The SMILES string of the molecule is CS(=O)(=O)Nc1cncc(-c2nc(NCc3ccccn3)c3c(-c4ccccc4)cccc3n2)c1. The molecule has 174 valence electrons. The van der Waals surface area contributed by atoms with Gasteiger partial charge in [0.1, 0.15) is 5.82 Å². The fourth-order valence-electron chi connectivity index (χ4n) is 3.81. The van der Waals surface area contributed by atoms with E-state index >= 15 is 0 Å². The molecule has 0 aliphatic heterocycles. The van der Waals surface area contributed by atoms with Crippen molar-refractivity contribution in [1.29, 1.82) is 0 Å². The molecule has 3 aromatic heterocycles. The molecule has 2 N–H and O–H groups in total. The number of nitrogens with one attached hydrogen (secondary N) is 2. The molecule has 0 saturated carbocycles. The van der Waals surface area contributed by atoms with Crippen LogP contribution in [0.25, 0.3) is 33.4 Å². The van der Waals surface area contributed by atoms with E-state index in [1.165, 1.54) is 6.20 Å². The van der Waals surface area contributed by atoms with Crippen molar-refractivity contribution >= 4 is 32.4 Å². The third-order valence-electron chi connectivity index (χ3n) is 5.27. The molecule has 0 amide bonds. The summed E-state index contributed by atoms with van der Waals surface area (Å²) in [7, 11) is -3.44. The van der Waals surface area contributed by atoms with Crippen LogP contribution in [-0.4, -0.2) is 34.6 Å². The van der Waals surface area contributed by atoms with Crippen LogP contribution in [0.1, 0.15) is 5.69 Å². The maximum Gasteiger partial charge on any atom is 0.229 e. The zero-order valence-electron chi connectivity index (χ0n) is 18.9. The minimum absolute atomic E-state index is 0.342. The molecule has 5 aromatic rings. The van der Waals surface area contributed by atoms with Gasteiger partial charge in [0.25, 0.3) is 0 Å². The number of hydrogen-bond donors (Lipinski definition) is 2. The van der Waals surface area contributed by atoms with Crippen LogP contribution in [0.2, 0.25) is 0 Å². The van der Waals surface area contributed by atoms with Gasteiger partial charge in [-0.15, -0.1) is 0 Å². The molecule has 0 radical (unpaired) electrons. The Hall–Kier alpha value is -4.37.